The Balaban J connectivity index is 1.70. The Bertz CT molecular complexity index is 636. The minimum absolute atomic E-state index is 0.506. The molecule has 6 unspecified atom stereocenters. The number of hydrogen-bond donors (Lipinski definition) is 9. The standard InChI is InChI=1S/C20H36O14/c1-6-11(24)18(34-20-16(29)14(27)12(25)9(4-22)31-20)10(5-23)32-19(6)33-17-7(2)30-8(3-21)13(26)15(17)28/h6-29H,3-5H2,1-2H3/t6?,7-,8?,9?,10+,11?,12+,13-,14?,15?,16+,17+,18-,19+,20+/m1/s1. The molecule has 14 nitrogen and oxygen atoms in total. The van der Waals surface area contributed by atoms with Crippen LogP contribution in [0.25, 0.3) is 0 Å². The number of aliphatic hydroxyl groups is 9. The summed E-state index contributed by atoms with van der Waals surface area (Å²) in [6.07, 6.45) is -18.5. The van der Waals surface area contributed by atoms with Gasteiger partial charge in [-0.2, -0.15) is 0 Å². The Labute approximate surface area is 195 Å². The van der Waals surface area contributed by atoms with Gasteiger partial charge in [0.1, 0.15) is 61.0 Å². The van der Waals surface area contributed by atoms with Crippen LogP contribution in [0.1, 0.15) is 13.8 Å². The van der Waals surface area contributed by atoms with Crippen LogP contribution in [-0.2, 0) is 23.7 Å². The SMILES string of the molecule is CC1C(O)[C@H](O[C@@H]2OC(CO)[C@H](O)C(O)[C@@H]2O)[C@H](CO)O[C@H]1O[C@@H]1C(O)[C@H](O)C(CO)O[C@@H]1C. The number of aliphatic hydroxyl groups excluding tert-OH is 9. The molecule has 3 rings (SSSR count). The average molecular weight is 500 g/mol. The highest BCUT2D eigenvalue weighted by Crippen LogP contribution is 2.34. The maximum atomic E-state index is 10.9. The highest BCUT2D eigenvalue weighted by Gasteiger charge is 2.52. The van der Waals surface area contributed by atoms with Gasteiger partial charge in [-0.05, 0) is 6.92 Å². The monoisotopic (exact) mass is 500 g/mol. The Kier molecular flexibility index (Phi) is 9.61. The number of hydrogen-bond acceptors (Lipinski definition) is 14. The summed E-state index contributed by atoms with van der Waals surface area (Å²) >= 11 is 0. The number of ether oxygens (including phenoxy) is 5. The van der Waals surface area contributed by atoms with Crippen molar-refractivity contribution in [3.63, 3.8) is 0 Å². The van der Waals surface area contributed by atoms with Crippen LogP contribution in [0.3, 0.4) is 0 Å². The topological polar surface area (TPSA) is 228 Å². The summed E-state index contributed by atoms with van der Waals surface area (Å²) in [5.74, 6) is -0.815. The van der Waals surface area contributed by atoms with Crippen molar-refractivity contribution in [3.05, 3.63) is 0 Å². The molecule has 0 aromatic heterocycles. The third kappa shape index (κ3) is 5.40. The number of rotatable bonds is 7. The van der Waals surface area contributed by atoms with Crippen molar-refractivity contribution in [2.24, 2.45) is 5.92 Å². The van der Waals surface area contributed by atoms with E-state index in [0.29, 0.717) is 0 Å². The Hall–Kier alpha value is -0.560. The largest absolute Gasteiger partial charge is 0.394 e. The second-order valence-corrected chi connectivity index (χ2v) is 9.02. The van der Waals surface area contributed by atoms with Gasteiger partial charge in [-0.25, -0.2) is 0 Å². The van der Waals surface area contributed by atoms with Crippen LogP contribution in [0.5, 0.6) is 0 Å². The smallest absolute Gasteiger partial charge is 0.187 e. The van der Waals surface area contributed by atoms with Crippen LogP contribution in [0.4, 0.5) is 0 Å². The fourth-order valence-corrected chi connectivity index (χ4v) is 4.48. The summed E-state index contributed by atoms with van der Waals surface area (Å²) in [5, 5.41) is 90.0. The molecule has 0 aliphatic carbocycles. The molecule has 14 heteroatoms. The second-order valence-electron chi connectivity index (χ2n) is 9.02. The highest BCUT2D eigenvalue weighted by atomic mass is 16.7. The maximum Gasteiger partial charge on any atom is 0.187 e. The third-order valence-electron chi connectivity index (χ3n) is 6.69. The van der Waals surface area contributed by atoms with Crippen molar-refractivity contribution >= 4 is 0 Å². The fraction of sp³-hybridized carbons (Fsp3) is 1.00. The van der Waals surface area contributed by atoms with E-state index in [9.17, 15) is 46.0 Å². The first-order chi connectivity index (χ1) is 16.0. The van der Waals surface area contributed by atoms with Crippen LogP contribution in [-0.4, -0.2) is 152 Å². The van der Waals surface area contributed by atoms with Crippen molar-refractivity contribution in [2.45, 2.75) is 99.7 Å². The summed E-state index contributed by atoms with van der Waals surface area (Å²) in [6, 6.07) is 0. The van der Waals surface area contributed by atoms with Gasteiger partial charge < -0.3 is 69.6 Å². The summed E-state index contributed by atoms with van der Waals surface area (Å²) in [5.41, 5.74) is 0. The molecule has 0 bridgehead atoms. The van der Waals surface area contributed by atoms with E-state index in [1.165, 1.54) is 0 Å². The maximum absolute atomic E-state index is 10.9. The first-order valence-corrected chi connectivity index (χ1v) is 11.2. The molecule has 0 amide bonds. The molecule has 0 aromatic carbocycles. The lowest BCUT2D eigenvalue weighted by Crippen LogP contribution is -2.64. The zero-order chi connectivity index (χ0) is 25.3. The van der Waals surface area contributed by atoms with Gasteiger partial charge in [0.05, 0.1) is 32.0 Å². The Morgan fingerprint density at radius 1 is 0.529 bits per heavy atom. The lowest BCUT2D eigenvalue weighted by atomic mass is 9.91. The average Bonchev–Trinajstić information content (AvgIpc) is 2.83. The lowest BCUT2D eigenvalue weighted by Gasteiger charge is -2.48. The van der Waals surface area contributed by atoms with E-state index in [-0.39, 0.29) is 0 Å². The Morgan fingerprint density at radius 3 is 1.62 bits per heavy atom. The van der Waals surface area contributed by atoms with Crippen LogP contribution in [0.15, 0.2) is 0 Å². The quantitative estimate of drug-likeness (QED) is 0.159. The zero-order valence-electron chi connectivity index (χ0n) is 18.8. The molecule has 0 radical (unpaired) electrons. The molecule has 3 heterocycles. The molecule has 0 saturated carbocycles. The van der Waals surface area contributed by atoms with Crippen molar-refractivity contribution in [1.29, 1.82) is 0 Å². The molecule has 3 fully saturated rings. The van der Waals surface area contributed by atoms with Gasteiger partial charge in [0.25, 0.3) is 0 Å². The van der Waals surface area contributed by atoms with Gasteiger partial charge in [0, 0.05) is 5.92 Å². The van der Waals surface area contributed by atoms with Crippen LogP contribution in [0, 0.1) is 5.92 Å². The van der Waals surface area contributed by atoms with Crippen molar-refractivity contribution in [1.82, 2.24) is 0 Å². The van der Waals surface area contributed by atoms with Crippen LogP contribution in [0.2, 0.25) is 0 Å². The molecule has 3 saturated heterocycles. The first kappa shape index (κ1) is 28.0. The zero-order valence-corrected chi connectivity index (χ0v) is 18.8. The first-order valence-electron chi connectivity index (χ1n) is 11.2. The van der Waals surface area contributed by atoms with E-state index in [4.69, 9.17) is 23.7 Å². The molecule has 3 aliphatic heterocycles. The summed E-state index contributed by atoms with van der Waals surface area (Å²) in [7, 11) is 0. The molecule has 15 atom stereocenters. The predicted molar refractivity (Wildman–Crippen MR) is 108 cm³/mol. The summed E-state index contributed by atoms with van der Waals surface area (Å²) < 4.78 is 28.0. The highest BCUT2D eigenvalue weighted by molar-refractivity contribution is 4.95. The minimum atomic E-state index is -1.72. The van der Waals surface area contributed by atoms with E-state index in [0.717, 1.165) is 0 Å². The lowest BCUT2D eigenvalue weighted by molar-refractivity contribution is -0.364. The van der Waals surface area contributed by atoms with E-state index >= 15 is 0 Å². The van der Waals surface area contributed by atoms with Crippen molar-refractivity contribution < 1.29 is 69.6 Å². The molecular formula is C20H36O14. The van der Waals surface area contributed by atoms with Gasteiger partial charge in [0.2, 0.25) is 0 Å². The molecule has 0 aromatic rings. The minimum Gasteiger partial charge on any atom is -0.394 e. The van der Waals surface area contributed by atoms with E-state index < -0.39 is 112 Å². The predicted octanol–water partition coefficient (Wildman–Crippen LogP) is -5.23. The third-order valence-corrected chi connectivity index (χ3v) is 6.69. The van der Waals surface area contributed by atoms with Gasteiger partial charge in [-0.1, -0.05) is 6.92 Å². The van der Waals surface area contributed by atoms with Crippen molar-refractivity contribution in [2.75, 3.05) is 19.8 Å². The van der Waals surface area contributed by atoms with E-state index in [2.05, 4.69) is 0 Å². The molecule has 34 heavy (non-hydrogen) atoms. The van der Waals surface area contributed by atoms with Crippen molar-refractivity contribution in [3.8, 4) is 0 Å². The van der Waals surface area contributed by atoms with Crippen LogP contribution >= 0.6 is 0 Å². The van der Waals surface area contributed by atoms with Gasteiger partial charge in [-0.15, -0.1) is 0 Å². The summed E-state index contributed by atoms with van der Waals surface area (Å²) in [6.45, 7) is 1.28. The van der Waals surface area contributed by atoms with Gasteiger partial charge >= 0.3 is 0 Å². The molecule has 200 valence electrons. The second kappa shape index (κ2) is 11.7. The molecule has 3 aliphatic rings. The van der Waals surface area contributed by atoms with Gasteiger partial charge in [0.15, 0.2) is 12.6 Å². The van der Waals surface area contributed by atoms with Gasteiger partial charge in [-0.3, -0.25) is 0 Å². The van der Waals surface area contributed by atoms with E-state index in [1.54, 1.807) is 13.8 Å². The van der Waals surface area contributed by atoms with E-state index in [1.807, 2.05) is 0 Å². The summed E-state index contributed by atoms with van der Waals surface area (Å²) in [4.78, 5) is 0. The molecule has 0 spiro atoms. The van der Waals surface area contributed by atoms with Crippen LogP contribution < -0.4 is 0 Å². The normalized spacial score (nSPS) is 52.5. The Morgan fingerprint density at radius 2 is 1.03 bits per heavy atom. The fourth-order valence-electron chi connectivity index (χ4n) is 4.48. The molecule has 9 N–H and O–H groups in total. The molecular weight excluding hydrogens is 464 g/mol.